The molecule has 7 heteroatoms. The van der Waals surface area contributed by atoms with Gasteiger partial charge in [0.2, 0.25) is 11.0 Å². The number of aliphatic hydroxyl groups is 1. The van der Waals surface area contributed by atoms with Gasteiger partial charge in [0.05, 0.1) is 12.5 Å². The smallest absolute Gasteiger partial charge is 0.225 e. The number of nitrogens with zero attached hydrogens (tertiary/aromatic N) is 4. The van der Waals surface area contributed by atoms with Gasteiger partial charge >= 0.3 is 0 Å². The van der Waals surface area contributed by atoms with Crippen LogP contribution in [0.25, 0.3) is 0 Å². The van der Waals surface area contributed by atoms with Crippen LogP contribution in [0.3, 0.4) is 0 Å². The summed E-state index contributed by atoms with van der Waals surface area (Å²) in [6.45, 7) is 8.83. The highest BCUT2D eigenvalue weighted by Gasteiger charge is 2.25. The van der Waals surface area contributed by atoms with E-state index < -0.39 is 6.10 Å². The zero-order valence-electron chi connectivity index (χ0n) is 12.9. The Morgan fingerprint density at radius 1 is 1.33 bits per heavy atom. The molecule has 1 saturated heterocycles. The predicted octanol–water partition coefficient (Wildman–Crippen LogP) is 1.16. The highest BCUT2D eigenvalue weighted by molar-refractivity contribution is 7.09. The maximum Gasteiger partial charge on any atom is 0.225 e. The number of aryl methyl sites for hydroxylation is 1. The largest absolute Gasteiger partial charge is 0.392 e. The lowest BCUT2D eigenvalue weighted by molar-refractivity contribution is -0.134. The first-order valence-electron chi connectivity index (χ1n) is 7.54. The number of aromatic nitrogens is 2. The molecule has 6 nitrogen and oxygen atoms in total. The first kappa shape index (κ1) is 16.2. The highest BCUT2D eigenvalue weighted by atomic mass is 32.1. The van der Waals surface area contributed by atoms with Crippen molar-refractivity contribution in [2.75, 3.05) is 31.1 Å². The van der Waals surface area contributed by atoms with Crippen molar-refractivity contribution in [3.63, 3.8) is 0 Å². The van der Waals surface area contributed by atoms with Crippen LogP contribution in [0.4, 0.5) is 5.13 Å². The second kappa shape index (κ2) is 7.17. The van der Waals surface area contributed by atoms with E-state index >= 15 is 0 Å². The maximum atomic E-state index is 12.1. The molecule has 1 fully saturated rings. The van der Waals surface area contributed by atoms with E-state index in [2.05, 4.69) is 14.3 Å². The van der Waals surface area contributed by atoms with Crippen LogP contribution in [0, 0.1) is 5.92 Å². The number of amides is 1. The molecule has 0 aromatic carbocycles. The van der Waals surface area contributed by atoms with Gasteiger partial charge in [0.25, 0.3) is 0 Å². The number of anilines is 1. The Hall–Kier alpha value is -1.21. The number of carbonyl (C=O) groups excluding carboxylic acids is 1. The van der Waals surface area contributed by atoms with E-state index in [-0.39, 0.29) is 18.2 Å². The third-order valence-electron chi connectivity index (χ3n) is 3.83. The monoisotopic (exact) mass is 312 g/mol. The normalized spacial score (nSPS) is 17.4. The molecule has 1 aliphatic heterocycles. The number of hydrogen-bond donors (Lipinski definition) is 1. The zero-order valence-corrected chi connectivity index (χ0v) is 13.8. The van der Waals surface area contributed by atoms with Crippen LogP contribution in [0.15, 0.2) is 0 Å². The van der Waals surface area contributed by atoms with Crippen LogP contribution in [-0.4, -0.2) is 57.6 Å². The molecule has 1 aromatic rings. The fourth-order valence-corrected chi connectivity index (χ4v) is 3.01. The summed E-state index contributed by atoms with van der Waals surface area (Å²) in [7, 11) is 0. The van der Waals surface area contributed by atoms with Crippen LogP contribution in [0.5, 0.6) is 0 Å². The molecular formula is C14H24N4O2S. The Balaban J connectivity index is 1.84. The van der Waals surface area contributed by atoms with E-state index in [1.54, 1.807) is 0 Å². The minimum Gasteiger partial charge on any atom is -0.392 e. The van der Waals surface area contributed by atoms with Crippen molar-refractivity contribution in [3.05, 3.63) is 5.82 Å². The standard InChI is InChI=1S/C14H24N4O2S/c1-4-12-15-14(21-16-12)18-7-5-17(6-8-18)13(20)9-11(19)10(2)3/h10-11,19H,4-9H2,1-3H3. The summed E-state index contributed by atoms with van der Waals surface area (Å²) < 4.78 is 4.30. The number of piperazine rings is 1. The Kier molecular flexibility index (Phi) is 5.52. The number of aliphatic hydroxyl groups excluding tert-OH is 1. The third-order valence-corrected chi connectivity index (χ3v) is 4.64. The minimum absolute atomic E-state index is 0.0439. The van der Waals surface area contributed by atoms with Crippen molar-refractivity contribution >= 4 is 22.6 Å². The quantitative estimate of drug-likeness (QED) is 0.883. The summed E-state index contributed by atoms with van der Waals surface area (Å²) >= 11 is 1.43. The minimum atomic E-state index is -0.550. The second-order valence-electron chi connectivity index (χ2n) is 5.73. The van der Waals surface area contributed by atoms with Gasteiger partial charge in [-0.05, 0) is 5.92 Å². The topological polar surface area (TPSA) is 69.6 Å². The average Bonchev–Trinajstić information content (AvgIpc) is 2.96. The first-order valence-corrected chi connectivity index (χ1v) is 8.32. The number of carbonyl (C=O) groups is 1. The van der Waals surface area contributed by atoms with Crippen molar-refractivity contribution in [2.24, 2.45) is 5.92 Å². The molecule has 1 aromatic heterocycles. The summed E-state index contributed by atoms with van der Waals surface area (Å²) in [5.74, 6) is 1.04. The van der Waals surface area contributed by atoms with Crippen LogP contribution in [0.1, 0.15) is 33.0 Å². The Labute approximate surface area is 130 Å². The molecule has 0 radical (unpaired) electrons. The molecule has 0 bridgehead atoms. The van der Waals surface area contributed by atoms with Gasteiger partial charge in [-0.3, -0.25) is 4.79 Å². The molecule has 21 heavy (non-hydrogen) atoms. The highest BCUT2D eigenvalue weighted by Crippen LogP contribution is 2.19. The van der Waals surface area contributed by atoms with Gasteiger partial charge in [-0.1, -0.05) is 20.8 Å². The van der Waals surface area contributed by atoms with Gasteiger partial charge < -0.3 is 14.9 Å². The number of rotatable bonds is 5. The molecular weight excluding hydrogens is 288 g/mol. The van der Waals surface area contributed by atoms with Gasteiger partial charge in [-0.15, -0.1) is 0 Å². The van der Waals surface area contributed by atoms with E-state index in [1.165, 1.54) is 11.5 Å². The van der Waals surface area contributed by atoms with Gasteiger partial charge in [0, 0.05) is 44.1 Å². The molecule has 1 N–H and O–H groups in total. The SMILES string of the molecule is CCc1nsc(N2CCN(C(=O)CC(O)C(C)C)CC2)n1. The molecule has 1 atom stereocenters. The lowest BCUT2D eigenvalue weighted by Gasteiger charge is -2.35. The summed E-state index contributed by atoms with van der Waals surface area (Å²) in [4.78, 5) is 20.6. The molecule has 0 spiro atoms. The summed E-state index contributed by atoms with van der Waals surface area (Å²) in [5, 5.41) is 10.8. The second-order valence-corrected chi connectivity index (χ2v) is 6.46. The van der Waals surface area contributed by atoms with E-state index in [0.29, 0.717) is 13.1 Å². The molecule has 118 valence electrons. The van der Waals surface area contributed by atoms with Crippen LogP contribution in [-0.2, 0) is 11.2 Å². The Bertz CT molecular complexity index is 469. The van der Waals surface area contributed by atoms with Crippen molar-refractivity contribution in [1.82, 2.24) is 14.3 Å². The van der Waals surface area contributed by atoms with E-state index in [9.17, 15) is 9.90 Å². The molecule has 0 saturated carbocycles. The number of hydrogen-bond acceptors (Lipinski definition) is 6. The predicted molar refractivity (Wildman–Crippen MR) is 83.5 cm³/mol. The third kappa shape index (κ3) is 4.14. The van der Waals surface area contributed by atoms with Gasteiger partial charge in [-0.2, -0.15) is 4.37 Å². The van der Waals surface area contributed by atoms with E-state index in [0.717, 1.165) is 30.5 Å². The molecule has 1 aliphatic rings. The van der Waals surface area contributed by atoms with Crippen molar-refractivity contribution in [3.8, 4) is 0 Å². The van der Waals surface area contributed by atoms with Crippen LogP contribution >= 0.6 is 11.5 Å². The molecule has 1 unspecified atom stereocenters. The average molecular weight is 312 g/mol. The van der Waals surface area contributed by atoms with E-state index in [1.807, 2.05) is 25.7 Å². The molecule has 2 rings (SSSR count). The van der Waals surface area contributed by atoms with Crippen molar-refractivity contribution < 1.29 is 9.90 Å². The summed E-state index contributed by atoms with van der Waals surface area (Å²) in [6, 6.07) is 0. The zero-order chi connectivity index (χ0) is 15.4. The van der Waals surface area contributed by atoms with Gasteiger partial charge in [-0.25, -0.2) is 4.98 Å². The van der Waals surface area contributed by atoms with Crippen LogP contribution < -0.4 is 4.90 Å². The Morgan fingerprint density at radius 3 is 2.52 bits per heavy atom. The molecule has 2 heterocycles. The fraction of sp³-hybridized carbons (Fsp3) is 0.786. The Morgan fingerprint density at radius 2 is 2.00 bits per heavy atom. The fourth-order valence-electron chi connectivity index (χ4n) is 2.21. The van der Waals surface area contributed by atoms with Crippen molar-refractivity contribution in [1.29, 1.82) is 0 Å². The lowest BCUT2D eigenvalue weighted by Crippen LogP contribution is -2.49. The van der Waals surface area contributed by atoms with Crippen molar-refractivity contribution in [2.45, 2.75) is 39.7 Å². The van der Waals surface area contributed by atoms with E-state index in [4.69, 9.17) is 0 Å². The van der Waals surface area contributed by atoms with Gasteiger partial charge in [0.1, 0.15) is 5.82 Å². The molecule has 0 aliphatic carbocycles. The first-order chi connectivity index (χ1) is 10.0. The summed E-state index contributed by atoms with van der Waals surface area (Å²) in [5.41, 5.74) is 0. The lowest BCUT2D eigenvalue weighted by atomic mass is 10.0. The molecule has 1 amide bonds. The van der Waals surface area contributed by atoms with Gasteiger partial charge in [0.15, 0.2) is 0 Å². The maximum absolute atomic E-state index is 12.1. The summed E-state index contributed by atoms with van der Waals surface area (Å²) in [6.07, 6.45) is 0.518. The van der Waals surface area contributed by atoms with Crippen LogP contribution in [0.2, 0.25) is 0 Å².